The number of benzene rings is 2. The molecule has 0 bridgehead atoms. The first-order valence-corrected chi connectivity index (χ1v) is 12.6. The van der Waals surface area contributed by atoms with Gasteiger partial charge in [0.2, 0.25) is 15.9 Å². The molecule has 198 valence electrons. The van der Waals surface area contributed by atoms with Gasteiger partial charge in [0, 0.05) is 31.3 Å². The van der Waals surface area contributed by atoms with E-state index < -0.39 is 52.4 Å². The van der Waals surface area contributed by atoms with E-state index in [1.54, 1.807) is 0 Å². The molecule has 0 saturated carbocycles. The SMILES string of the molecule is N#Cc1cc(CNC(=O)[C@@H]2C[C@@H](F)CN2S(=O)(=O)c2ccc(F)cc2)cc(-c2ccc(C(F)(F)F)nc2)c1. The van der Waals surface area contributed by atoms with Gasteiger partial charge in [-0.15, -0.1) is 0 Å². The average molecular weight is 551 g/mol. The van der Waals surface area contributed by atoms with E-state index in [-0.39, 0.29) is 23.4 Å². The number of nitrogens with zero attached hydrogens (tertiary/aromatic N) is 3. The minimum atomic E-state index is -4.61. The summed E-state index contributed by atoms with van der Waals surface area (Å²) in [5.41, 5.74) is 0.162. The highest BCUT2D eigenvalue weighted by Crippen LogP contribution is 2.30. The van der Waals surface area contributed by atoms with E-state index in [1.165, 1.54) is 24.3 Å². The molecule has 2 atom stereocenters. The van der Waals surface area contributed by atoms with Crippen molar-refractivity contribution in [3.8, 4) is 17.2 Å². The first-order chi connectivity index (χ1) is 17.9. The van der Waals surface area contributed by atoms with Gasteiger partial charge in [0.05, 0.1) is 16.5 Å². The van der Waals surface area contributed by atoms with Gasteiger partial charge in [0.25, 0.3) is 0 Å². The topological polar surface area (TPSA) is 103 Å². The van der Waals surface area contributed by atoms with Gasteiger partial charge < -0.3 is 5.32 Å². The number of amides is 1. The summed E-state index contributed by atoms with van der Waals surface area (Å²) < 4.78 is 92.7. The highest BCUT2D eigenvalue weighted by atomic mass is 32.2. The predicted octanol–water partition coefficient (Wildman–Crippen LogP) is 4.20. The fourth-order valence-corrected chi connectivity index (χ4v) is 5.69. The highest BCUT2D eigenvalue weighted by Gasteiger charge is 2.44. The number of rotatable bonds is 6. The Kier molecular flexibility index (Phi) is 7.48. The van der Waals surface area contributed by atoms with Gasteiger partial charge in [-0.2, -0.15) is 22.7 Å². The monoisotopic (exact) mass is 550 g/mol. The Morgan fingerprint density at radius 1 is 1.11 bits per heavy atom. The standard InChI is InChI=1S/C25H19F5N4O3S/c26-19-2-4-21(5-3-19)38(36,37)34-14-20(27)10-22(34)24(35)33-12-16-7-15(11-31)8-18(9-16)17-1-6-23(32-13-17)25(28,29)30/h1-9,13,20,22H,10,12,14H2,(H,33,35)/t20-,22+/m1/s1. The summed E-state index contributed by atoms with van der Waals surface area (Å²) >= 11 is 0. The third-order valence-electron chi connectivity index (χ3n) is 5.90. The normalized spacial score (nSPS) is 18.2. The number of halogens is 5. The summed E-state index contributed by atoms with van der Waals surface area (Å²) in [5, 5.41) is 11.9. The quantitative estimate of drug-likeness (QED) is 0.464. The predicted molar refractivity (Wildman–Crippen MR) is 125 cm³/mol. The van der Waals surface area contributed by atoms with Gasteiger partial charge in [0.1, 0.15) is 23.7 Å². The van der Waals surface area contributed by atoms with Crippen molar-refractivity contribution in [2.24, 2.45) is 0 Å². The lowest BCUT2D eigenvalue weighted by Gasteiger charge is -2.23. The van der Waals surface area contributed by atoms with E-state index in [0.717, 1.165) is 40.8 Å². The second-order valence-corrected chi connectivity index (χ2v) is 10.4. The van der Waals surface area contributed by atoms with Crippen LogP contribution in [0.1, 0.15) is 23.2 Å². The zero-order chi connectivity index (χ0) is 27.7. The second kappa shape index (κ2) is 10.5. The molecule has 0 radical (unpaired) electrons. The van der Waals surface area contributed by atoms with E-state index in [2.05, 4.69) is 10.3 Å². The molecular weight excluding hydrogens is 531 g/mol. The number of pyridine rings is 1. The lowest BCUT2D eigenvalue weighted by atomic mass is 10.0. The smallest absolute Gasteiger partial charge is 0.351 e. The van der Waals surface area contributed by atoms with E-state index >= 15 is 0 Å². The van der Waals surface area contributed by atoms with Crippen molar-refractivity contribution in [1.29, 1.82) is 5.26 Å². The molecular formula is C25H19F5N4O3S. The van der Waals surface area contributed by atoms with E-state index in [1.807, 2.05) is 6.07 Å². The fourth-order valence-electron chi connectivity index (χ4n) is 4.07. The minimum Gasteiger partial charge on any atom is -0.351 e. The Bertz CT molecular complexity index is 1490. The molecule has 1 aromatic heterocycles. The molecule has 4 rings (SSSR count). The number of nitriles is 1. The molecule has 13 heteroatoms. The van der Waals surface area contributed by atoms with E-state index in [4.69, 9.17) is 0 Å². The summed E-state index contributed by atoms with van der Waals surface area (Å²) in [7, 11) is -4.30. The summed E-state index contributed by atoms with van der Waals surface area (Å²) in [6, 6.07) is 10.9. The molecule has 1 saturated heterocycles. The maximum absolute atomic E-state index is 14.2. The molecule has 0 spiro atoms. The summed E-state index contributed by atoms with van der Waals surface area (Å²) in [6.45, 7) is -0.722. The number of sulfonamides is 1. The molecule has 7 nitrogen and oxygen atoms in total. The number of aromatic nitrogens is 1. The van der Waals surface area contributed by atoms with Crippen LogP contribution < -0.4 is 5.32 Å². The van der Waals surface area contributed by atoms with E-state index in [0.29, 0.717) is 16.7 Å². The van der Waals surface area contributed by atoms with Crippen molar-refractivity contribution in [3.63, 3.8) is 0 Å². The van der Waals surface area contributed by atoms with Crippen molar-refractivity contribution in [2.75, 3.05) is 6.54 Å². The van der Waals surface area contributed by atoms with Gasteiger partial charge in [0.15, 0.2) is 0 Å². The van der Waals surface area contributed by atoms with Crippen LogP contribution in [0.4, 0.5) is 22.0 Å². The second-order valence-electron chi connectivity index (χ2n) is 8.56. The molecule has 2 heterocycles. The number of hydrogen-bond acceptors (Lipinski definition) is 5. The Labute approximate surface area is 214 Å². The van der Waals surface area contributed by atoms with Crippen LogP contribution in [0, 0.1) is 17.1 Å². The summed E-state index contributed by atoms with van der Waals surface area (Å²) in [5.74, 6) is -1.44. The average Bonchev–Trinajstić information content (AvgIpc) is 3.29. The van der Waals surface area contributed by atoms with E-state index in [9.17, 15) is 40.4 Å². The molecule has 1 aliphatic heterocycles. The third-order valence-corrected chi connectivity index (χ3v) is 7.79. The van der Waals surface area contributed by atoms with Crippen molar-refractivity contribution < 1.29 is 35.2 Å². The Morgan fingerprint density at radius 3 is 2.42 bits per heavy atom. The van der Waals surface area contributed by atoms with Crippen molar-refractivity contribution in [2.45, 2.75) is 36.3 Å². The number of carbonyl (C=O) groups excluding carboxylic acids is 1. The molecule has 0 unspecified atom stereocenters. The van der Waals surface area contributed by atoms with Crippen molar-refractivity contribution in [3.05, 3.63) is 83.4 Å². The Balaban J connectivity index is 1.53. The zero-order valence-electron chi connectivity index (χ0n) is 19.4. The summed E-state index contributed by atoms with van der Waals surface area (Å²) in [6.07, 6.45) is -5.58. The third kappa shape index (κ3) is 5.81. The van der Waals surface area contributed by atoms with Crippen LogP contribution in [0.3, 0.4) is 0 Å². The first kappa shape index (κ1) is 27.2. The number of nitrogens with one attached hydrogen (secondary N) is 1. The molecule has 38 heavy (non-hydrogen) atoms. The molecule has 3 aromatic rings. The molecule has 2 aromatic carbocycles. The Morgan fingerprint density at radius 2 is 1.82 bits per heavy atom. The fraction of sp³-hybridized carbons (Fsp3) is 0.240. The van der Waals surface area contributed by atoms with Crippen LogP contribution in [-0.4, -0.2) is 42.4 Å². The highest BCUT2D eigenvalue weighted by molar-refractivity contribution is 7.89. The summed E-state index contributed by atoms with van der Waals surface area (Å²) in [4.78, 5) is 16.0. The lowest BCUT2D eigenvalue weighted by Crippen LogP contribution is -2.45. The van der Waals surface area contributed by atoms with Crippen LogP contribution in [0.2, 0.25) is 0 Å². The van der Waals surface area contributed by atoms with Crippen molar-refractivity contribution in [1.82, 2.24) is 14.6 Å². The van der Waals surface area contributed by atoms with Crippen LogP contribution in [0.15, 0.2) is 65.7 Å². The maximum Gasteiger partial charge on any atom is 0.433 e. The molecule has 1 N–H and O–H groups in total. The maximum atomic E-state index is 14.2. The lowest BCUT2D eigenvalue weighted by molar-refractivity contribution is -0.141. The first-order valence-electron chi connectivity index (χ1n) is 11.2. The van der Waals surface area contributed by atoms with Gasteiger partial charge >= 0.3 is 6.18 Å². The van der Waals surface area contributed by atoms with Crippen LogP contribution in [-0.2, 0) is 27.5 Å². The largest absolute Gasteiger partial charge is 0.433 e. The molecule has 0 aliphatic carbocycles. The van der Waals surface area contributed by atoms with Gasteiger partial charge in [-0.1, -0.05) is 6.07 Å². The van der Waals surface area contributed by atoms with Gasteiger partial charge in [-0.3, -0.25) is 9.78 Å². The molecule has 1 aliphatic rings. The van der Waals surface area contributed by atoms with Crippen molar-refractivity contribution >= 4 is 15.9 Å². The zero-order valence-corrected chi connectivity index (χ0v) is 20.2. The number of carbonyl (C=O) groups is 1. The Hall–Kier alpha value is -3.89. The minimum absolute atomic E-state index is 0.164. The number of hydrogen-bond donors (Lipinski definition) is 1. The van der Waals surface area contributed by atoms with Crippen LogP contribution in [0.5, 0.6) is 0 Å². The van der Waals surface area contributed by atoms with Gasteiger partial charge in [-0.05, 0) is 59.7 Å². The molecule has 1 fully saturated rings. The number of alkyl halides is 4. The van der Waals surface area contributed by atoms with Crippen LogP contribution >= 0.6 is 0 Å². The van der Waals surface area contributed by atoms with Gasteiger partial charge in [-0.25, -0.2) is 17.2 Å². The van der Waals surface area contributed by atoms with Crippen LogP contribution in [0.25, 0.3) is 11.1 Å². The molecule has 1 amide bonds.